The summed E-state index contributed by atoms with van der Waals surface area (Å²) in [7, 11) is 0. The zero-order chi connectivity index (χ0) is 24.5. The molecule has 0 atom stereocenters. The van der Waals surface area contributed by atoms with Gasteiger partial charge in [-0.25, -0.2) is 4.79 Å². The predicted molar refractivity (Wildman–Crippen MR) is 139 cm³/mol. The van der Waals surface area contributed by atoms with Crippen LogP contribution in [0.2, 0.25) is 0 Å². The maximum absolute atomic E-state index is 11.4. The number of rotatable bonds is 12. The first kappa shape index (κ1) is 24.3. The van der Waals surface area contributed by atoms with Gasteiger partial charge in [-0.3, -0.25) is 0 Å². The van der Waals surface area contributed by atoms with E-state index in [2.05, 4.69) is 43.0 Å². The fraction of sp³-hybridized carbons (Fsp3) is 0.233. The maximum Gasteiger partial charge on any atom is 0.333 e. The Kier molecular flexibility index (Phi) is 8.36. The molecule has 0 aromatic heterocycles. The van der Waals surface area contributed by atoms with Gasteiger partial charge in [-0.2, -0.15) is 0 Å². The van der Waals surface area contributed by atoms with Gasteiger partial charge in [0.25, 0.3) is 0 Å². The van der Waals surface area contributed by atoms with Crippen LogP contribution in [0.3, 0.4) is 0 Å². The number of ether oxygens (including phenoxy) is 4. The van der Waals surface area contributed by atoms with Crippen LogP contribution in [0.5, 0.6) is 11.5 Å². The molecule has 0 aliphatic heterocycles. The van der Waals surface area contributed by atoms with E-state index in [9.17, 15) is 4.79 Å². The molecule has 0 bridgehead atoms. The summed E-state index contributed by atoms with van der Waals surface area (Å²) in [6, 6.07) is 26.6. The Bertz CT molecular complexity index is 1240. The zero-order valence-corrected chi connectivity index (χ0v) is 20.0. The molecule has 0 unspecified atom stereocenters. The lowest BCUT2D eigenvalue weighted by atomic mass is 10.0. The fourth-order valence-electron chi connectivity index (χ4n) is 3.90. The third kappa shape index (κ3) is 6.19. The second-order valence-electron chi connectivity index (χ2n) is 8.21. The summed E-state index contributed by atoms with van der Waals surface area (Å²) >= 11 is 0. The van der Waals surface area contributed by atoms with Gasteiger partial charge in [-0.15, -0.1) is 0 Å². The molecular formula is C30H30O5. The van der Waals surface area contributed by atoms with Gasteiger partial charge >= 0.3 is 5.97 Å². The standard InChI is InChI=1S/C30H30O5/c1-22(2)30(31)35-21-19-32-18-20-34-29-26-14-8-6-12-24(26)28(25-13-7-9-15-27(25)29)33-17-16-23-10-4-3-5-11-23/h3-15H,1,16-21H2,2H3. The van der Waals surface area contributed by atoms with Gasteiger partial charge in [-0.1, -0.05) is 85.4 Å². The largest absolute Gasteiger partial charge is 0.492 e. The molecule has 35 heavy (non-hydrogen) atoms. The zero-order valence-electron chi connectivity index (χ0n) is 20.0. The van der Waals surface area contributed by atoms with E-state index in [1.54, 1.807) is 6.92 Å². The van der Waals surface area contributed by atoms with Crippen molar-refractivity contribution >= 4 is 27.5 Å². The molecule has 4 aromatic rings. The van der Waals surface area contributed by atoms with Crippen LogP contribution in [0.1, 0.15) is 12.5 Å². The van der Waals surface area contributed by atoms with Crippen LogP contribution in [0.25, 0.3) is 21.5 Å². The second-order valence-corrected chi connectivity index (χ2v) is 8.21. The van der Waals surface area contributed by atoms with E-state index in [0.717, 1.165) is 39.5 Å². The SMILES string of the molecule is C=C(C)C(=O)OCCOCCOc1c2ccccc2c(OCCc2ccccc2)c2ccccc12. The Morgan fingerprint density at radius 3 is 1.69 bits per heavy atom. The molecule has 5 nitrogen and oxygen atoms in total. The molecule has 0 radical (unpaired) electrons. The number of benzene rings is 4. The van der Waals surface area contributed by atoms with Crippen LogP contribution < -0.4 is 9.47 Å². The summed E-state index contributed by atoms with van der Waals surface area (Å²) in [5.74, 6) is 1.27. The average Bonchev–Trinajstić information content (AvgIpc) is 2.89. The van der Waals surface area contributed by atoms with Crippen LogP contribution in [-0.4, -0.2) is 39.0 Å². The molecule has 180 valence electrons. The fourth-order valence-corrected chi connectivity index (χ4v) is 3.90. The lowest BCUT2D eigenvalue weighted by molar-refractivity contribution is -0.140. The number of hydrogen-bond donors (Lipinski definition) is 0. The highest BCUT2D eigenvalue weighted by Crippen LogP contribution is 2.42. The van der Waals surface area contributed by atoms with Gasteiger partial charge in [0.2, 0.25) is 0 Å². The number of fused-ring (bicyclic) bond motifs is 2. The molecule has 0 aliphatic carbocycles. The molecule has 5 heteroatoms. The Morgan fingerprint density at radius 2 is 1.14 bits per heavy atom. The molecule has 0 aliphatic rings. The molecule has 0 spiro atoms. The quantitative estimate of drug-likeness (QED) is 0.108. The molecule has 0 amide bonds. The third-order valence-electron chi connectivity index (χ3n) is 5.60. The summed E-state index contributed by atoms with van der Waals surface area (Å²) in [6.45, 7) is 7.00. The first-order valence-electron chi connectivity index (χ1n) is 11.8. The lowest BCUT2D eigenvalue weighted by Crippen LogP contribution is -2.14. The van der Waals surface area contributed by atoms with E-state index in [1.807, 2.05) is 42.5 Å². The predicted octanol–water partition coefficient (Wildman–Crippen LogP) is 6.13. The molecule has 0 saturated heterocycles. The number of carbonyl (C=O) groups is 1. The summed E-state index contributed by atoms with van der Waals surface area (Å²) in [4.78, 5) is 11.4. The van der Waals surface area contributed by atoms with Gasteiger partial charge in [0, 0.05) is 33.5 Å². The molecule has 0 N–H and O–H groups in total. The van der Waals surface area contributed by atoms with Gasteiger partial charge in [-0.05, 0) is 12.5 Å². The van der Waals surface area contributed by atoms with Gasteiger partial charge in [0.1, 0.15) is 24.7 Å². The van der Waals surface area contributed by atoms with Crippen LogP contribution >= 0.6 is 0 Å². The van der Waals surface area contributed by atoms with Crippen molar-refractivity contribution in [2.45, 2.75) is 13.3 Å². The van der Waals surface area contributed by atoms with Crippen LogP contribution in [0.4, 0.5) is 0 Å². The molecule has 4 aromatic carbocycles. The Labute approximate surface area is 205 Å². The monoisotopic (exact) mass is 470 g/mol. The molecule has 0 saturated carbocycles. The average molecular weight is 471 g/mol. The van der Waals surface area contributed by atoms with E-state index in [1.165, 1.54) is 5.56 Å². The number of hydrogen-bond acceptors (Lipinski definition) is 5. The smallest absolute Gasteiger partial charge is 0.333 e. The summed E-state index contributed by atoms with van der Waals surface area (Å²) in [5.41, 5.74) is 1.62. The third-order valence-corrected chi connectivity index (χ3v) is 5.60. The Hall–Kier alpha value is -3.83. The molecule has 0 fully saturated rings. The summed E-state index contributed by atoms with van der Waals surface area (Å²) in [5, 5.41) is 4.02. The highest BCUT2D eigenvalue weighted by molar-refractivity contribution is 6.11. The first-order valence-corrected chi connectivity index (χ1v) is 11.8. The Morgan fingerprint density at radius 1 is 0.657 bits per heavy atom. The Balaban J connectivity index is 1.47. The van der Waals surface area contributed by atoms with Crippen molar-refractivity contribution in [3.8, 4) is 11.5 Å². The molecular weight excluding hydrogens is 440 g/mol. The van der Waals surface area contributed by atoms with Gasteiger partial charge in [0.15, 0.2) is 0 Å². The molecule has 0 heterocycles. The van der Waals surface area contributed by atoms with Crippen molar-refractivity contribution in [1.82, 2.24) is 0 Å². The van der Waals surface area contributed by atoms with E-state index < -0.39 is 5.97 Å². The topological polar surface area (TPSA) is 54.0 Å². The number of esters is 1. The minimum atomic E-state index is -0.408. The van der Waals surface area contributed by atoms with E-state index in [-0.39, 0.29) is 6.61 Å². The van der Waals surface area contributed by atoms with E-state index in [4.69, 9.17) is 18.9 Å². The highest BCUT2D eigenvalue weighted by Gasteiger charge is 2.16. The minimum Gasteiger partial charge on any atom is -0.492 e. The maximum atomic E-state index is 11.4. The lowest BCUT2D eigenvalue weighted by Gasteiger charge is -2.18. The van der Waals surface area contributed by atoms with Crippen LogP contribution in [-0.2, 0) is 20.7 Å². The molecule has 4 rings (SSSR count). The first-order chi connectivity index (χ1) is 17.1. The van der Waals surface area contributed by atoms with Crippen LogP contribution in [0.15, 0.2) is 91.0 Å². The van der Waals surface area contributed by atoms with Crippen molar-refractivity contribution < 1.29 is 23.7 Å². The van der Waals surface area contributed by atoms with Crippen molar-refractivity contribution in [3.63, 3.8) is 0 Å². The second kappa shape index (κ2) is 12.0. The van der Waals surface area contributed by atoms with Crippen molar-refractivity contribution in [2.24, 2.45) is 0 Å². The number of carbonyl (C=O) groups excluding carboxylic acids is 1. The van der Waals surface area contributed by atoms with Crippen molar-refractivity contribution in [1.29, 1.82) is 0 Å². The normalized spacial score (nSPS) is 10.9. The highest BCUT2D eigenvalue weighted by atomic mass is 16.6. The van der Waals surface area contributed by atoms with Crippen molar-refractivity contribution in [2.75, 3.05) is 33.0 Å². The van der Waals surface area contributed by atoms with Crippen LogP contribution in [0, 0.1) is 0 Å². The summed E-state index contributed by atoms with van der Waals surface area (Å²) in [6.07, 6.45) is 0.834. The van der Waals surface area contributed by atoms with Gasteiger partial charge < -0.3 is 18.9 Å². The summed E-state index contributed by atoms with van der Waals surface area (Å²) < 4.78 is 23.2. The van der Waals surface area contributed by atoms with E-state index >= 15 is 0 Å². The van der Waals surface area contributed by atoms with Gasteiger partial charge in [0.05, 0.1) is 19.8 Å². The van der Waals surface area contributed by atoms with E-state index in [0.29, 0.717) is 32.0 Å². The van der Waals surface area contributed by atoms with Crippen molar-refractivity contribution in [3.05, 3.63) is 96.6 Å². The minimum absolute atomic E-state index is 0.187.